The molecular weight excluding hydrogens is 406 g/mol. The van der Waals surface area contributed by atoms with Gasteiger partial charge < -0.3 is 4.74 Å². The molecule has 4 heterocycles. The van der Waals surface area contributed by atoms with E-state index in [1.807, 2.05) is 18.3 Å². The van der Waals surface area contributed by atoms with Crippen LogP contribution in [0.15, 0.2) is 47.7 Å². The molecule has 1 saturated heterocycles. The van der Waals surface area contributed by atoms with Gasteiger partial charge in [0.25, 0.3) is 12.0 Å². The first-order chi connectivity index (χ1) is 15.5. The summed E-state index contributed by atoms with van der Waals surface area (Å²) in [7, 11) is 0. The average molecular weight is 430 g/mol. The van der Waals surface area contributed by atoms with E-state index in [2.05, 4.69) is 41.0 Å². The highest BCUT2D eigenvalue weighted by molar-refractivity contribution is 5.87. The lowest BCUT2D eigenvalue weighted by Gasteiger charge is -2.35. The van der Waals surface area contributed by atoms with Crippen molar-refractivity contribution in [2.75, 3.05) is 13.1 Å². The summed E-state index contributed by atoms with van der Waals surface area (Å²) >= 11 is 0. The van der Waals surface area contributed by atoms with Crippen LogP contribution in [0, 0.1) is 11.3 Å². The van der Waals surface area contributed by atoms with Gasteiger partial charge in [-0.2, -0.15) is 5.26 Å². The number of pyridine rings is 1. The number of H-pyrrole nitrogens is 1. The maximum atomic E-state index is 13.1. The fourth-order valence-electron chi connectivity index (χ4n) is 4.47. The molecule has 9 nitrogen and oxygen atoms in total. The summed E-state index contributed by atoms with van der Waals surface area (Å²) in [6.07, 6.45) is 3.74. The van der Waals surface area contributed by atoms with Crippen LogP contribution >= 0.6 is 0 Å². The third-order valence-electron chi connectivity index (χ3n) is 5.76. The summed E-state index contributed by atoms with van der Waals surface area (Å²) < 4.78 is 8.83. The molecule has 1 aliphatic heterocycles. The van der Waals surface area contributed by atoms with E-state index >= 15 is 0 Å². The van der Waals surface area contributed by atoms with Gasteiger partial charge in [0.15, 0.2) is 5.65 Å². The van der Waals surface area contributed by atoms with E-state index in [0.29, 0.717) is 23.4 Å². The lowest BCUT2D eigenvalue weighted by Crippen LogP contribution is -2.44. The van der Waals surface area contributed by atoms with Gasteiger partial charge in [0.1, 0.15) is 0 Å². The number of hydrogen-bond donors (Lipinski definition) is 0. The van der Waals surface area contributed by atoms with Crippen LogP contribution in [0.2, 0.25) is 0 Å². The minimum absolute atomic E-state index is 0.194. The van der Waals surface area contributed by atoms with E-state index in [0.717, 1.165) is 36.1 Å². The maximum Gasteiger partial charge on any atom is 0.425 e. The lowest BCUT2D eigenvalue weighted by atomic mass is 10.1. The maximum absolute atomic E-state index is 13.1. The standard InChI is InChI=1S/C23H23N7O2/c1-15-10-28(11-16(2)32-15)12-19-7-20-21(25-9-19)29(23(31)30-22(20)26-14-27-30)13-18-5-3-17(8-24)4-6-18/h3-7,9,14-16H,10-13H2,1-2H3/p+1/t15-,16+. The van der Waals surface area contributed by atoms with Gasteiger partial charge >= 0.3 is 5.69 Å². The lowest BCUT2D eigenvalue weighted by molar-refractivity contribution is -0.345. The first-order valence-corrected chi connectivity index (χ1v) is 10.7. The molecule has 0 bridgehead atoms. The molecule has 0 amide bonds. The van der Waals surface area contributed by atoms with Crippen molar-refractivity contribution < 1.29 is 9.72 Å². The van der Waals surface area contributed by atoms with E-state index in [1.54, 1.807) is 16.7 Å². The number of benzene rings is 1. The third kappa shape index (κ3) is 3.75. The topological polar surface area (TPSA) is 103 Å². The summed E-state index contributed by atoms with van der Waals surface area (Å²) in [5.74, 6) is 0. The Hall–Kier alpha value is -3.61. The molecule has 162 valence electrons. The average Bonchev–Trinajstić information content (AvgIpc) is 3.27. The molecule has 1 aromatic carbocycles. The molecule has 1 aliphatic rings. The number of nitrogens with zero attached hydrogens (tertiary/aromatic N) is 6. The molecule has 5 rings (SSSR count). The molecule has 0 saturated carbocycles. The quantitative estimate of drug-likeness (QED) is 0.485. The molecule has 0 aliphatic carbocycles. The van der Waals surface area contributed by atoms with Crippen molar-refractivity contribution in [3.63, 3.8) is 0 Å². The smallest absolute Gasteiger partial charge is 0.373 e. The van der Waals surface area contributed by atoms with Crippen LogP contribution < -0.4 is 10.7 Å². The predicted octanol–water partition coefficient (Wildman–Crippen LogP) is 1.39. The van der Waals surface area contributed by atoms with Crippen molar-refractivity contribution in [1.29, 1.82) is 5.26 Å². The first-order valence-electron chi connectivity index (χ1n) is 10.7. The van der Waals surface area contributed by atoms with E-state index in [1.165, 1.54) is 10.8 Å². The summed E-state index contributed by atoms with van der Waals surface area (Å²) in [4.78, 5) is 23.3. The number of aromatic amines is 1. The van der Waals surface area contributed by atoms with E-state index in [9.17, 15) is 4.79 Å². The molecule has 32 heavy (non-hydrogen) atoms. The van der Waals surface area contributed by atoms with Gasteiger partial charge in [-0.3, -0.25) is 9.47 Å². The Bertz CT molecular complexity index is 1370. The van der Waals surface area contributed by atoms with E-state index in [-0.39, 0.29) is 17.9 Å². The molecule has 4 aromatic rings. The fraction of sp³-hybridized carbons (Fsp3) is 0.348. The number of nitriles is 1. The molecule has 0 spiro atoms. The Kier molecular flexibility index (Phi) is 5.17. The highest BCUT2D eigenvalue weighted by Crippen LogP contribution is 2.19. The summed E-state index contributed by atoms with van der Waals surface area (Å²) in [5, 5.41) is 14.1. The van der Waals surface area contributed by atoms with Crippen molar-refractivity contribution >= 4 is 16.7 Å². The molecule has 0 unspecified atom stereocenters. The number of morpholine rings is 1. The van der Waals surface area contributed by atoms with Crippen LogP contribution in [0.4, 0.5) is 0 Å². The minimum Gasteiger partial charge on any atom is -0.373 e. The van der Waals surface area contributed by atoms with Gasteiger partial charge in [-0.15, -0.1) is 0 Å². The van der Waals surface area contributed by atoms with E-state index in [4.69, 9.17) is 15.0 Å². The van der Waals surface area contributed by atoms with Gasteiger partial charge in [-0.05, 0) is 47.7 Å². The number of ether oxygens (including phenoxy) is 1. The molecule has 2 atom stereocenters. The van der Waals surface area contributed by atoms with Crippen LogP contribution in [0.3, 0.4) is 0 Å². The molecule has 3 aromatic heterocycles. The largest absolute Gasteiger partial charge is 0.425 e. The highest BCUT2D eigenvalue weighted by atomic mass is 16.5. The summed E-state index contributed by atoms with van der Waals surface area (Å²) in [5.41, 5.74) is 3.51. The third-order valence-corrected chi connectivity index (χ3v) is 5.76. The van der Waals surface area contributed by atoms with Crippen molar-refractivity contribution in [2.24, 2.45) is 0 Å². The molecule has 1 fully saturated rings. The van der Waals surface area contributed by atoms with Gasteiger partial charge in [-0.25, -0.2) is 14.8 Å². The van der Waals surface area contributed by atoms with E-state index < -0.39 is 0 Å². The Morgan fingerprint density at radius 3 is 2.62 bits per heavy atom. The summed E-state index contributed by atoms with van der Waals surface area (Å²) in [6, 6.07) is 11.4. The van der Waals surface area contributed by atoms with Crippen LogP contribution in [-0.2, 0) is 17.8 Å². The van der Waals surface area contributed by atoms with Crippen LogP contribution in [-0.4, -0.2) is 49.4 Å². The zero-order valence-corrected chi connectivity index (χ0v) is 18.0. The zero-order chi connectivity index (χ0) is 22.2. The van der Waals surface area contributed by atoms with Gasteiger partial charge in [0.2, 0.25) is 0 Å². The van der Waals surface area contributed by atoms with Gasteiger partial charge in [0.05, 0.1) is 35.8 Å². The second-order valence-electron chi connectivity index (χ2n) is 8.39. The Morgan fingerprint density at radius 2 is 1.91 bits per heavy atom. The van der Waals surface area contributed by atoms with Gasteiger partial charge in [-0.1, -0.05) is 12.1 Å². The number of nitrogens with one attached hydrogen (secondary N) is 1. The first kappa shape index (κ1) is 20.3. The SMILES string of the molecule is C[C@@H]1CN(Cc2cnc3c(c2)c2[nH+]cnn2c(=O)n3Cc2ccc(C#N)cc2)C[C@H](C)O1. The predicted molar refractivity (Wildman–Crippen MR) is 117 cm³/mol. The number of fused-ring (bicyclic) bond motifs is 3. The number of rotatable bonds is 4. The van der Waals surface area contributed by atoms with Crippen molar-refractivity contribution in [2.45, 2.75) is 39.1 Å². The van der Waals surface area contributed by atoms with Gasteiger partial charge in [0, 0.05) is 30.9 Å². The molecule has 0 radical (unpaired) electrons. The molecular formula is C23H24N7O2+. The van der Waals surface area contributed by atoms with Crippen LogP contribution in [0.25, 0.3) is 16.7 Å². The number of hydrogen-bond acceptors (Lipinski definition) is 6. The Morgan fingerprint density at radius 1 is 1.16 bits per heavy atom. The van der Waals surface area contributed by atoms with Crippen molar-refractivity contribution in [3.05, 3.63) is 70.0 Å². The molecule has 1 N–H and O–H groups in total. The van der Waals surface area contributed by atoms with Crippen molar-refractivity contribution in [3.8, 4) is 6.07 Å². The summed E-state index contributed by atoms with van der Waals surface area (Å²) in [6.45, 7) is 7.02. The second kappa shape index (κ2) is 8.15. The number of aromatic nitrogens is 5. The minimum atomic E-state index is -0.269. The second-order valence-corrected chi connectivity index (χ2v) is 8.39. The fourth-order valence-corrected chi connectivity index (χ4v) is 4.47. The highest BCUT2D eigenvalue weighted by Gasteiger charge is 2.24. The Balaban J connectivity index is 1.56. The van der Waals surface area contributed by atoms with Crippen LogP contribution in [0.1, 0.15) is 30.5 Å². The normalized spacial score (nSPS) is 19.4. The van der Waals surface area contributed by atoms with Crippen molar-refractivity contribution in [1.82, 2.24) is 24.1 Å². The van der Waals surface area contributed by atoms with Crippen LogP contribution in [0.5, 0.6) is 0 Å². The zero-order valence-electron chi connectivity index (χ0n) is 18.0. The Labute approximate surface area is 184 Å². The monoisotopic (exact) mass is 430 g/mol. The molecule has 9 heteroatoms.